The highest BCUT2D eigenvalue weighted by Gasteiger charge is 2.24. The molecular weight excluding hydrogens is 378 g/mol. The number of non-ortho nitro benzene ring substituents is 1. The number of ketones is 1. The van der Waals surface area contributed by atoms with E-state index >= 15 is 0 Å². The number of nitrogens with one attached hydrogen (secondary N) is 1. The Kier molecular flexibility index (Phi) is 4.34. The number of Topliss-reactive ketones (excluding diaryl/α,β-unsaturated/α-hetero) is 1. The summed E-state index contributed by atoms with van der Waals surface area (Å²) < 4.78 is 6.73. The summed E-state index contributed by atoms with van der Waals surface area (Å²) in [7, 11) is 0. The molecule has 29 heavy (non-hydrogen) atoms. The Labute approximate surface area is 163 Å². The molecule has 0 saturated heterocycles. The Morgan fingerprint density at radius 3 is 2.72 bits per heavy atom. The molecule has 1 aliphatic rings. The number of rotatable bonds is 4. The van der Waals surface area contributed by atoms with Gasteiger partial charge in [-0.3, -0.25) is 24.5 Å². The summed E-state index contributed by atoms with van der Waals surface area (Å²) in [5.41, 5.74) is 0.601. The van der Waals surface area contributed by atoms with Crippen molar-refractivity contribution in [2.45, 2.75) is 19.6 Å². The highest BCUT2D eigenvalue weighted by Crippen LogP contribution is 2.30. The van der Waals surface area contributed by atoms with Crippen LogP contribution >= 0.6 is 0 Å². The SMILES string of the molecule is CC1Oc2ccc(C(=O)Cn3c(=O)ccc4cc([N+](=O)[O-])ccc43)cc2NC1=O. The maximum atomic E-state index is 12.8. The van der Waals surface area contributed by atoms with E-state index in [0.29, 0.717) is 27.9 Å². The number of benzene rings is 2. The van der Waals surface area contributed by atoms with Crippen molar-refractivity contribution in [2.75, 3.05) is 5.32 Å². The minimum atomic E-state index is -0.623. The first-order valence-corrected chi connectivity index (χ1v) is 8.76. The Morgan fingerprint density at radius 2 is 1.97 bits per heavy atom. The van der Waals surface area contributed by atoms with Gasteiger partial charge in [0.2, 0.25) is 0 Å². The monoisotopic (exact) mass is 393 g/mol. The van der Waals surface area contributed by atoms with Crippen LogP contribution in [0.4, 0.5) is 11.4 Å². The van der Waals surface area contributed by atoms with Gasteiger partial charge in [0, 0.05) is 29.1 Å². The first-order chi connectivity index (χ1) is 13.8. The predicted molar refractivity (Wildman–Crippen MR) is 104 cm³/mol. The summed E-state index contributed by atoms with van der Waals surface area (Å²) in [5, 5.41) is 14.1. The summed E-state index contributed by atoms with van der Waals surface area (Å²) in [4.78, 5) is 47.3. The molecule has 146 valence electrons. The fourth-order valence-electron chi connectivity index (χ4n) is 3.18. The van der Waals surface area contributed by atoms with Crippen LogP contribution in [-0.2, 0) is 11.3 Å². The molecule has 0 bridgehead atoms. The van der Waals surface area contributed by atoms with Gasteiger partial charge in [0.05, 0.1) is 22.7 Å². The zero-order valence-corrected chi connectivity index (χ0v) is 15.2. The summed E-state index contributed by atoms with van der Waals surface area (Å²) in [6.45, 7) is 1.37. The standard InChI is InChI=1S/C20H15N3O6/c1-11-20(26)21-15-9-13(2-6-18(15)29-11)17(24)10-22-16-5-4-14(23(27)28)8-12(16)3-7-19(22)25/h2-9,11H,10H2,1H3,(H,21,26). The maximum Gasteiger partial charge on any atom is 0.270 e. The number of carbonyl (C=O) groups is 2. The third kappa shape index (κ3) is 3.33. The highest BCUT2D eigenvalue weighted by molar-refractivity contribution is 6.02. The van der Waals surface area contributed by atoms with Gasteiger partial charge in [-0.05, 0) is 37.3 Å². The number of amides is 1. The lowest BCUT2D eigenvalue weighted by Crippen LogP contribution is -2.34. The molecule has 1 aliphatic heterocycles. The molecule has 9 nitrogen and oxygen atoms in total. The third-order valence-electron chi connectivity index (χ3n) is 4.72. The number of pyridine rings is 1. The number of aromatic nitrogens is 1. The van der Waals surface area contributed by atoms with Crippen LogP contribution in [0.1, 0.15) is 17.3 Å². The average Bonchev–Trinajstić information content (AvgIpc) is 2.70. The van der Waals surface area contributed by atoms with Crippen LogP contribution in [-0.4, -0.2) is 27.3 Å². The van der Waals surface area contributed by atoms with Crippen LogP contribution in [0.5, 0.6) is 5.75 Å². The van der Waals surface area contributed by atoms with Crippen molar-refractivity contribution in [2.24, 2.45) is 0 Å². The molecule has 1 N–H and O–H groups in total. The fourth-order valence-corrected chi connectivity index (χ4v) is 3.18. The second kappa shape index (κ2) is 6.86. The van der Waals surface area contributed by atoms with E-state index < -0.39 is 16.6 Å². The lowest BCUT2D eigenvalue weighted by Gasteiger charge is -2.23. The topological polar surface area (TPSA) is 121 Å². The molecule has 0 fully saturated rings. The van der Waals surface area contributed by atoms with Gasteiger partial charge < -0.3 is 14.6 Å². The van der Waals surface area contributed by atoms with Gasteiger partial charge in [-0.15, -0.1) is 0 Å². The first kappa shape index (κ1) is 18.4. The van der Waals surface area contributed by atoms with Crippen molar-refractivity contribution in [3.63, 3.8) is 0 Å². The Bertz CT molecular complexity index is 1250. The Balaban J connectivity index is 1.68. The van der Waals surface area contributed by atoms with Crippen LogP contribution in [0, 0.1) is 10.1 Å². The van der Waals surface area contributed by atoms with Crippen LogP contribution < -0.4 is 15.6 Å². The van der Waals surface area contributed by atoms with Gasteiger partial charge in [-0.2, -0.15) is 0 Å². The lowest BCUT2D eigenvalue weighted by atomic mass is 10.1. The van der Waals surface area contributed by atoms with Crippen molar-refractivity contribution in [3.8, 4) is 5.75 Å². The molecule has 0 saturated carbocycles. The van der Waals surface area contributed by atoms with Gasteiger partial charge >= 0.3 is 0 Å². The summed E-state index contributed by atoms with van der Waals surface area (Å²) in [5.74, 6) is -0.203. The van der Waals surface area contributed by atoms with Crippen molar-refractivity contribution in [1.82, 2.24) is 4.57 Å². The largest absolute Gasteiger partial charge is 0.479 e. The van der Waals surface area contributed by atoms with Gasteiger partial charge in [0.15, 0.2) is 11.9 Å². The van der Waals surface area contributed by atoms with E-state index in [1.807, 2.05) is 0 Å². The molecule has 1 atom stereocenters. The van der Waals surface area contributed by atoms with Gasteiger partial charge in [-0.1, -0.05) is 0 Å². The van der Waals surface area contributed by atoms with E-state index in [-0.39, 0.29) is 23.9 Å². The number of nitro groups is 1. The van der Waals surface area contributed by atoms with E-state index in [1.165, 1.54) is 41.0 Å². The van der Waals surface area contributed by atoms with Crippen molar-refractivity contribution in [1.29, 1.82) is 0 Å². The predicted octanol–water partition coefficient (Wildman–Crippen LogP) is 2.51. The number of carbonyl (C=O) groups excluding carboxylic acids is 2. The molecule has 2 aromatic carbocycles. The molecule has 1 aromatic heterocycles. The average molecular weight is 393 g/mol. The number of nitrogens with zero attached hydrogens (tertiary/aromatic N) is 2. The van der Waals surface area contributed by atoms with Crippen molar-refractivity contribution in [3.05, 3.63) is 74.6 Å². The molecular formula is C20H15N3O6. The minimum absolute atomic E-state index is 0.103. The quantitative estimate of drug-likeness (QED) is 0.413. The molecule has 0 aliphatic carbocycles. The lowest BCUT2D eigenvalue weighted by molar-refractivity contribution is -0.384. The normalized spacial score (nSPS) is 15.3. The first-order valence-electron chi connectivity index (χ1n) is 8.76. The fraction of sp³-hybridized carbons (Fsp3) is 0.150. The molecule has 3 aromatic rings. The third-order valence-corrected chi connectivity index (χ3v) is 4.72. The van der Waals surface area contributed by atoms with E-state index in [1.54, 1.807) is 19.1 Å². The number of hydrogen-bond donors (Lipinski definition) is 1. The van der Waals surface area contributed by atoms with E-state index in [2.05, 4.69) is 5.32 Å². The number of ether oxygens (including phenoxy) is 1. The van der Waals surface area contributed by atoms with Crippen LogP contribution in [0.3, 0.4) is 0 Å². The molecule has 0 spiro atoms. The van der Waals surface area contributed by atoms with E-state index in [0.717, 1.165) is 0 Å². The van der Waals surface area contributed by atoms with Crippen LogP contribution in [0.15, 0.2) is 53.3 Å². The minimum Gasteiger partial charge on any atom is -0.479 e. The van der Waals surface area contributed by atoms with Gasteiger partial charge in [0.25, 0.3) is 17.2 Å². The molecule has 2 heterocycles. The smallest absolute Gasteiger partial charge is 0.270 e. The number of fused-ring (bicyclic) bond motifs is 2. The number of anilines is 1. The summed E-state index contributed by atoms with van der Waals surface area (Å²) in [6.07, 6.45) is -0.623. The summed E-state index contributed by atoms with van der Waals surface area (Å²) >= 11 is 0. The van der Waals surface area contributed by atoms with Crippen LogP contribution in [0.2, 0.25) is 0 Å². The molecule has 1 amide bonds. The molecule has 9 heteroatoms. The molecule has 1 unspecified atom stereocenters. The van der Waals surface area contributed by atoms with Gasteiger partial charge in [0.1, 0.15) is 5.75 Å². The second-order valence-corrected chi connectivity index (χ2v) is 6.64. The van der Waals surface area contributed by atoms with Crippen LogP contribution in [0.25, 0.3) is 10.9 Å². The van der Waals surface area contributed by atoms with E-state index in [4.69, 9.17) is 4.74 Å². The van der Waals surface area contributed by atoms with Crippen molar-refractivity contribution >= 4 is 34.0 Å². The zero-order chi connectivity index (χ0) is 20.7. The van der Waals surface area contributed by atoms with Crippen molar-refractivity contribution < 1.29 is 19.2 Å². The number of hydrogen-bond acceptors (Lipinski definition) is 6. The Morgan fingerprint density at radius 1 is 1.17 bits per heavy atom. The second-order valence-electron chi connectivity index (χ2n) is 6.64. The molecule has 0 radical (unpaired) electrons. The highest BCUT2D eigenvalue weighted by atomic mass is 16.6. The molecule has 4 rings (SSSR count). The van der Waals surface area contributed by atoms with E-state index in [9.17, 15) is 24.5 Å². The Hall–Kier alpha value is -4.01. The maximum absolute atomic E-state index is 12.8. The number of nitro benzene ring substituents is 1. The summed E-state index contributed by atoms with van der Waals surface area (Å²) in [6, 6.07) is 11.5. The zero-order valence-electron chi connectivity index (χ0n) is 15.2. The van der Waals surface area contributed by atoms with Gasteiger partial charge in [-0.25, -0.2) is 0 Å².